The molecule has 1 amide bonds. The lowest BCUT2D eigenvalue weighted by molar-refractivity contribution is 0.1000. The van der Waals surface area contributed by atoms with Gasteiger partial charge in [-0.1, -0.05) is 0 Å². The first-order valence-corrected chi connectivity index (χ1v) is 6.24. The molecule has 2 aromatic rings. The zero-order valence-corrected chi connectivity index (χ0v) is 11.6. The Labute approximate surface area is 116 Å². The number of nitrogens with one attached hydrogen (secondary N) is 1. The van der Waals surface area contributed by atoms with Gasteiger partial charge in [0.05, 0.1) is 11.7 Å². The van der Waals surface area contributed by atoms with Crippen molar-refractivity contribution in [2.45, 2.75) is 19.9 Å². The van der Waals surface area contributed by atoms with Crippen molar-refractivity contribution in [2.24, 2.45) is 12.8 Å². The third kappa shape index (κ3) is 2.64. The number of aryl methyl sites for hydroxylation is 1. The number of nitrogens with zero attached hydrogens (tertiary/aromatic N) is 2. The number of primary amides is 1. The number of nitrogens with two attached hydrogens (primary N) is 1. The highest BCUT2D eigenvalue weighted by atomic mass is 19.1. The number of rotatable bonds is 4. The van der Waals surface area contributed by atoms with Crippen LogP contribution < -0.4 is 11.1 Å². The molecule has 1 unspecified atom stereocenters. The van der Waals surface area contributed by atoms with Gasteiger partial charge in [-0.15, -0.1) is 0 Å². The fourth-order valence-electron chi connectivity index (χ4n) is 2.09. The summed E-state index contributed by atoms with van der Waals surface area (Å²) in [6.07, 6.45) is 1.70. The molecular weight excluding hydrogens is 259 g/mol. The van der Waals surface area contributed by atoms with Crippen molar-refractivity contribution >= 4 is 11.6 Å². The summed E-state index contributed by atoms with van der Waals surface area (Å²) < 4.78 is 15.5. The van der Waals surface area contributed by atoms with Gasteiger partial charge in [0.1, 0.15) is 5.82 Å². The normalized spacial score (nSPS) is 12.2. The molecule has 0 saturated heterocycles. The van der Waals surface area contributed by atoms with Crippen LogP contribution in [0.1, 0.15) is 34.6 Å². The van der Waals surface area contributed by atoms with Gasteiger partial charge in [-0.2, -0.15) is 5.10 Å². The van der Waals surface area contributed by atoms with Crippen LogP contribution in [0.5, 0.6) is 0 Å². The Morgan fingerprint density at radius 2 is 2.20 bits per heavy atom. The molecule has 0 radical (unpaired) electrons. The molecule has 0 aliphatic rings. The number of hydrogen-bond acceptors (Lipinski definition) is 3. The fourth-order valence-corrected chi connectivity index (χ4v) is 2.09. The van der Waals surface area contributed by atoms with Gasteiger partial charge in [0.2, 0.25) is 5.91 Å². The standard InChI is InChI=1S/C14H17FN4O/c1-8-11(15)6-10(14(16)20)7-12(8)18-9(2)13-4-5-17-19(13)3/h4-7,9,18H,1-3H3,(H2,16,20). The average Bonchev–Trinajstić information content (AvgIpc) is 2.80. The molecule has 2 rings (SSSR count). The van der Waals surface area contributed by atoms with Crippen molar-refractivity contribution < 1.29 is 9.18 Å². The summed E-state index contributed by atoms with van der Waals surface area (Å²) in [4.78, 5) is 11.2. The van der Waals surface area contributed by atoms with Gasteiger partial charge >= 0.3 is 0 Å². The lowest BCUT2D eigenvalue weighted by atomic mass is 10.1. The van der Waals surface area contributed by atoms with Crippen molar-refractivity contribution in [1.29, 1.82) is 0 Å². The monoisotopic (exact) mass is 276 g/mol. The Morgan fingerprint density at radius 1 is 1.50 bits per heavy atom. The van der Waals surface area contributed by atoms with Gasteiger partial charge in [0.25, 0.3) is 0 Å². The molecule has 6 heteroatoms. The van der Waals surface area contributed by atoms with Crippen molar-refractivity contribution in [3.8, 4) is 0 Å². The molecule has 0 aliphatic heterocycles. The number of hydrogen-bond donors (Lipinski definition) is 2. The van der Waals surface area contributed by atoms with E-state index in [1.807, 2.05) is 20.0 Å². The number of anilines is 1. The van der Waals surface area contributed by atoms with Crippen LogP contribution in [-0.2, 0) is 7.05 Å². The summed E-state index contributed by atoms with van der Waals surface area (Å²) in [7, 11) is 1.83. The second-order valence-electron chi connectivity index (χ2n) is 4.74. The zero-order valence-electron chi connectivity index (χ0n) is 11.6. The molecule has 1 atom stereocenters. The van der Waals surface area contributed by atoms with Crippen LogP contribution in [0.3, 0.4) is 0 Å². The van der Waals surface area contributed by atoms with Crippen molar-refractivity contribution in [3.05, 3.63) is 47.0 Å². The minimum Gasteiger partial charge on any atom is -0.377 e. The van der Waals surface area contributed by atoms with Gasteiger partial charge in [0, 0.05) is 30.1 Å². The lowest BCUT2D eigenvalue weighted by Gasteiger charge is -2.18. The van der Waals surface area contributed by atoms with Gasteiger partial charge < -0.3 is 11.1 Å². The number of benzene rings is 1. The second-order valence-corrected chi connectivity index (χ2v) is 4.74. The third-order valence-corrected chi connectivity index (χ3v) is 3.30. The SMILES string of the molecule is Cc1c(F)cc(C(N)=O)cc1NC(C)c1ccnn1C. The average molecular weight is 276 g/mol. The number of carbonyl (C=O) groups excluding carboxylic acids is 1. The summed E-state index contributed by atoms with van der Waals surface area (Å²) in [5, 5.41) is 7.27. The molecule has 20 heavy (non-hydrogen) atoms. The van der Waals surface area contributed by atoms with Gasteiger partial charge in [0.15, 0.2) is 0 Å². The van der Waals surface area contributed by atoms with Crippen LogP contribution in [0.25, 0.3) is 0 Å². The van der Waals surface area contributed by atoms with E-state index in [9.17, 15) is 9.18 Å². The highest BCUT2D eigenvalue weighted by Gasteiger charge is 2.14. The molecule has 0 bridgehead atoms. The van der Waals surface area contributed by atoms with E-state index in [4.69, 9.17) is 5.73 Å². The summed E-state index contributed by atoms with van der Waals surface area (Å²) in [5.74, 6) is -1.11. The molecule has 0 saturated carbocycles. The first-order valence-electron chi connectivity index (χ1n) is 6.24. The van der Waals surface area contributed by atoms with Crippen LogP contribution in [0.4, 0.5) is 10.1 Å². The van der Waals surface area contributed by atoms with Gasteiger partial charge in [-0.25, -0.2) is 4.39 Å². The third-order valence-electron chi connectivity index (χ3n) is 3.30. The predicted molar refractivity (Wildman–Crippen MR) is 74.9 cm³/mol. The Bertz CT molecular complexity index is 651. The quantitative estimate of drug-likeness (QED) is 0.898. The van der Waals surface area contributed by atoms with E-state index >= 15 is 0 Å². The molecule has 1 aromatic heterocycles. The first-order chi connectivity index (χ1) is 9.40. The van der Waals surface area contributed by atoms with Crippen molar-refractivity contribution in [2.75, 3.05) is 5.32 Å². The summed E-state index contributed by atoms with van der Waals surface area (Å²) in [6, 6.07) is 4.51. The Balaban J connectivity index is 2.33. The maximum Gasteiger partial charge on any atom is 0.248 e. The van der Waals surface area contributed by atoms with Gasteiger partial charge in [-0.05, 0) is 32.0 Å². The number of halogens is 1. The number of carbonyl (C=O) groups is 1. The van der Waals surface area contributed by atoms with Gasteiger partial charge in [-0.3, -0.25) is 9.48 Å². The smallest absolute Gasteiger partial charge is 0.248 e. The van der Waals surface area contributed by atoms with Crippen molar-refractivity contribution in [3.63, 3.8) is 0 Å². The minimum absolute atomic E-state index is 0.0799. The first kappa shape index (κ1) is 14.0. The second kappa shape index (κ2) is 5.32. The fraction of sp³-hybridized carbons (Fsp3) is 0.286. The van der Waals surface area contributed by atoms with E-state index in [1.165, 1.54) is 0 Å². The van der Waals surface area contributed by atoms with Crippen LogP contribution in [-0.4, -0.2) is 15.7 Å². The van der Waals surface area contributed by atoms with E-state index in [0.29, 0.717) is 11.3 Å². The zero-order chi connectivity index (χ0) is 14.9. The summed E-state index contributed by atoms with van der Waals surface area (Å²) in [5.41, 5.74) is 7.30. The Hall–Kier alpha value is -2.37. The molecule has 0 spiro atoms. The molecule has 1 aromatic carbocycles. The highest BCUT2D eigenvalue weighted by Crippen LogP contribution is 2.25. The van der Waals surface area contributed by atoms with Crippen molar-refractivity contribution in [1.82, 2.24) is 9.78 Å². The maximum atomic E-state index is 13.8. The topological polar surface area (TPSA) is 72.9 Å². The van der Waals surface area contributed by atoms with E-state index in [0.717, 1.165) is 11.8 Å². The largest absolute Gasteiger partial charge is 0.377 e. The van der Waals surface area contributed by atoms with E-state index in [2.05, 4.69) is 10.4 Å². The maximum absolute atomic E-state index is 13.8. The van der Waals surface area contributed by atoms with E-state index in [1.54, 1.807) is 23.9 Å². The van der Waals surface area contributed by atoms with Crippen LogP contribution in [0.2, 0.25) is 0 Å². The molecule has 1 heterocycles. The molecule has 106 valence electrons. The predicted octanol–water partition coefficient (Wildman–Crippen LogP) is 2.14. The minimum atomic E-state index is -0.653. The summed E-state index contributed by atoms with van der Waals surface area (Å²) >= 11 is 0. The molecule has 0 fully saturated rings. The van der Waals surface area contributed by atoms with Crippen LogP contribution in [0.15, 0.2) is 24.4 Å². The molecular formula is C14H17FN4O. The van der Waals surface area contributed by atoms with Crippen LogP contribution >= 0.6 is 0 Å². The van der Waals surface area contributed by atoms with Crippen LogP contribution in [0, 0.1) is 12.7 Å². The molecule has 3 N–H and O–H groups in total. The number of aromatic nitrogens is 2. The van der Waals surface area contributed by atoms with E-state index < -0.39 is 11.7 Å². The molecule has 0 aliphatic carbocycles. The highest BCUT2D eigenvalue weighted by molar-refractivity contribution is 5.94. The summed E-state index contributed by atoms with van der Waals surface area (Å²) in [6.45, 7) is 3.59. The lowest BCUT2D eigenvalue weighted by Crippen LogP contribution is -2.15. The molecule has 5 nitrogen and oxygen atoms in total. The number of amides is 1. The Morgan fingerprint density at radius 3 is 2.75 bits per heavy atom. The van der Waals surface area contributed by atoms with E-state index in [-0.39, 0.29) is 11.6 Å². The Kier molecular flexibility index (Phi) is 3.74.